The zero-order chi connectivity index (χ0) is 15.6. The summed E-state index contributed by atoms with van der Waals surface area (Å²) in [6.45, 7) is 7.97. The van der Waals surface area contributed by atoms with Crippen molar-refractivity contribution in [3.05, 3.63) is 29.8 Å². The van der Waals surface area contributed by atoms with Crippen LogP contribution in [0.15, 0.2) is 24.3 Å². The summed E-state index contributed by atoms with van der Waals surface area (Å²) in [5.41, 5.74) is 7.44. The number of likely N-dealkylation sites (tertiary alicyclic amines) is 1. The number of hydrogen-bond donors (Lipinski definition) is 1. The lowest BCUT2D eigenvalue weighted by Gasteiger charge is -2.27. The molecule has 116 valence electrons. The lowest BCUT2D eigenvalue weighted by molar-refractivity contribution is -0.128. The zero-order valence-corrected chi connectivity index (χ0v) is 13.4. The molecule has 1 fully saturated rings. The predicted octanol–water partition coefficient (Wildman–Crippen LogP) is 2.59. The fourth-order valence-electron chi connectivity index (χ4n) is 2.72. The van der Waals surface area contributed by atoms with Crippen LogP contribution in [0, 0.1) is 11.3 Å². The van der Waals surface area contributed by atoms with E-state index in [1.807, 2.05) is 29.2 Å². The standard InChI is InChI=1S/C17H26N2O2/c1-17(2,3)13-9-16(20)19(10-13)11-15(18)12-5-7-14(21-4)8-6-12/h5-8,13,15H,9-11,18H2,1-4H3. The number of carbonyl (C=O) groups is 1. The number of hydrogen-bond acceptors (Lipinski definition) is 3. The molecule has 0 aliphatic carbocycles. The maximum Gasteiger partial charge on any atom is 0.223 e. The van der Waals surface area contributed by atoms with Crippen LogP contribution in [-0.2, 0) is 4.79 Å². The van der Waals surface area contributed by atoms with E-state index in [1.54, 1.807) is 7.11 Å². The Labute approximate surface area is 127 Å². The maximum absolute atomic E-state index is 12.1. The predicted molar refractivity (Wildman–Crippen MR) is 84.1 cm³/mol. The fraction of sp³-hybridized carbons (Fsp3) is 0.588. The molecule has 1 aliphatic heterocycles. The lowest BCUT2D eigenvalue weighted by Crippen LogP contribution is -2.34. The van der Waals surface area contributed by atoms with Crippen LogP contribution in [0.25, 0.3) is 0 Å². The Kier molecular flexibility index (Phi) is 4.57. The SMILES string of the molecule is COc1ccc(C(N)CN2CC(C(C)(C)C)CC2=O)cc1. The van der Waals surface area contributed by atoms with Crippen LogP contribution in [0.3, 0.4) is 0 Å². The number of ether oxygens (including phenoxy) is 1. The number of benzene rings is 1. The maximum atomic E-state index is 12.1. The summed E-state index contributed by atoms with van der Waals surface area (Å²) in [6.07, 6.45) is 0.638. The van der Waals surface area contributed by atoms with Gasteiger partial charge in [-0.25, -0.2) is 0 Å². The Balaban J connectivity index is 1.99. The van der Waals surface area contributed by atoms with Crippen LogP contribution < -0.4 is 10.5 Å². The Morgan fingerprint density at radius 1 is 1.33 bits per heavy atom. The number of nitrogens with zero attached hydrogens (tertiary/aromatic N) is 1. The molecule has 0 saturated carbocycles. The van der Waals surface area contributed by atoms with E-state index in [1.165, 1.54) is 0 Å². The smallest absolute Gasteiger partial charge is 0.223 e. The van der Waals surface area contributed by atoms with Crippen molar-refractivity contribution in [1.29, 1.82) is 0 Å². The highest BCUT2D eigenvalue weighted by Crippen LogP contribution is 2.34. The minimum Gasteiger partial charge on any atom is -0.497 e. The molecule has 0 aromatic heterocycles. The van der Waals surface area contributed by atoms with Crippen LogP contribution >= 0.6 is 0 Å². The molecule has 2 N–H and O–H groups in total. The van der Waals surface area contributed by atoms with E-state index >= 15 is 0 Å². The Bertz CT molecular complexity index is 491. The number of amides is 1. The van der Waals surface area contributed by atoms with Gasteiger partial charge < -0.3 is 15.4 Å². The summed E-state index contributed by atoms with van der Waals surface area (Å²) in [6, 6.07) is 7.58. The van der Waals surface area contributed by atoms with Gasteiger partial charge in [0.15, 0.2) is 0 Å². The molecule has 4 heteroatoms. The minimum atomic E-state index is -0.154. The molecule has 2 unspecified atom stereocenters. The Morgan fingerprint density at radius 2 is 1.95 bits per heavy atom. The topological polar surface area (TPSA) is 55.6 Å². The molecule has 1 aromatic carbocycles. The molecule has 2 rings (SSSR count). The number of nitrogens with two attached hydrogens (primary N) is 1. The van der Waals surface area contributed by atoms with Gasteiger partial charge in [-0.1, -0.05) is 32.9 Å². The van der Waals surface area contributed by atoms with Crippen LogP contribution in [0.1, 0.15) is 38.8 Å². The lowest BCUT2D eigenvalue weighted by atomic mass is 9.80. The first-order valence-corrected chi connectivity index (χ1v) is 7.48. The average molecular weight is 290 g/mol. The van der Waals surface area contributed by atoms with E-state index in [4.69, 9.17) is 10.5 Å². The van der Waals surface area contributed by atoms with E-state index in [0.717, 1.165) is 17.9 Å². The van der Waals surface area contributed by atoms with Crippen LogP contribution in [0.5, 0.6) is 5.75 Å². The van der Waals surface area contributed by atoms with Gasteiger partial charge in [0.25, 0.3) is 0 Å². The van der Waals surface area contributed by atoms with Gasteiger partial charge >= 0.3 is 0 Å². The van der Waals surface area contributed by atoms with Crippen molar-refractivity contribution in [2.45, 2.75) is 33.2 Å². The van der Waals surface area contributed by atoms with Crippen molar-refractivity contribution in [2.75, 3.05) is 20.2 Å². The van der Waals surface area contributed by atoms with Gasteiger partial charge in [0.05, 0.1) is 7.11 Å². The summed E-state index contributed by atoms with van der Waals surface area (Å²) in [7, 11) is 1.64. The van der Waals surface area contributed by atoms with Gasteiger partial charge in [-0.3, -0.25) is 4.79 Å². The highest BCUT2D eigenvalue weighted by atomic mass is 16.5. The van der Waals surface area contributed by atoms with Crippen LogP contribution in [0.2, 0.25) is 0 Å². The number of rotatable bonds is 4. The van der Waals surface area contributed by atoms with E-state index in [0.29, 0.717) is 18.9 Å². The number of methoxy groups -OCH3 is 1. The van der Waals surface area contributed by atoms with E-state index in [-0.39, 0.29) is 17.4 Å². The fourth-order valence-corrected chi connectivity index (χ4v) is 2.72. The molecule has 1 heterocycles. The quantitative estimate of drug-likeness (QED) is 0.927. The van der Waals surface area contributed by atoms with E-state index < -0.39 is 0 Å². The van der Waals surface area contributed by atoms with Crippen LogP contribution in [-0.4, -0.2) is 31.0 Å². The van der Waals surface area contributed by atoms with Crippen molar-refractivity contribution in [3.8, 4) is 5.75 Å². The van der Waals surface area contributed by atoms with Crippen molar-refractivity contribution in [3.63, 3.8) is 0 Å². The first-order chi connectivity index (χ1) is 9.81. The highest BCUT2D eigenvalue weighted by molar-refractivity contribution is 5.78. The average Bonchev–Trinajstić information content (AvgIpc) is 2.80. The molecule has 21 heavy (non-hydrogen) atoms. The first kappa shape index (κ1) is 15.8. The second-order valence-corrected chi connectivity index (χ2v) is 6.95. The molecule has 1 amide bonds. The summed E-state index contributed by atoms with van der Waals surface area (Å²) in [5, 5.41) is 0. The molecular formula is C17H26N2O2. The monoisotopic (exact) mass is 290 g/mol. The number of carbonyl (C=O) groups excluding carboxylic acids is 1. The van der Waals surface area contributed by atoms with Crippen molar-refractivity contribution in [1.82, 2.24) is 4.90 Å². The minimum absolute atomic E-state index is 0.154. The Morgan fingerprint density at radius 3 is 2.43 bits per heavy atom. The van der Waals surface area contributed by atoms with Gasteiger partial charge in [0.1, 0.15) is 5.75 Å². The largest absolute Gasteiger partial charge is 0.497 e. The summed E-state index contributed by atoms with van der Waals surface area (Å²) < 4.78 is 5.15. The van der Waals surface area contributed by atoms with E-state index in [9.17, 15) is 4.79 Å². The highest BCUT2D eigenvalue weighted by Gasteiger charge is 2.37. The third-order valence-electron chi connectivity index (χ3n) is 4.40. The van der Waals surface area contributed by atoms with Gasteiger partial charge in [0.2, 0.25) is 5.91 Å². The first-order valence-electron chi connectivity index (χ1n) is 7.48. The molecule has 0 bridgehead atoms. The molecular weight excluding hydrogens is 264 g/mol. The normalized spacial score (nSPS) is 20.7. The van der Waals surface area contributed by atoms with Gasteiger partial charge in [0, 0.05) is 25.6 Å². The van der Waals surface area contributed by atoms with Gasteiger partial charge in [-0.15, -0.1) is 0 Å². The molecule has 1 aromatic rings. The van der Waals surface area contributed by atoms with Crippen molar-refractivity contribution in [2.24, 2.45) is 17.1 Å². The van der Waals surface area contributed by atoms with Crippen molar-refractivity contribution >= 4 is 5.91 Å². The van der Waals surface area contributed by atoms with Gasteiger partial charge in [-0.05, 0) is 29.0 Å². The molecule has 1 saturated heterocycles. The molecule has 0 spiro atoms. The molecule has 4 nitrogen and oxygen atoms in total. The van der Waals surface area contributed by atoms with Gasteiger partial charge in [-0.2, -0.15) is 0 Å². The van der Waals surface area contributed by atoms with Crippen LogP contribution in [0.4, 0.5) is 0 Å². The molecule has 1 aliphatic rings. The van der Waals surface area contributed by atoms with Crippen molar-refractivity contribution < 1.29 is 9.53 Å². The van der Waals surface area contributed by atoms with E-state index in [2.05, 4.69) is 20.8 Å². The third kappa shape index (κ3) is 3.76. The zero-order valence-electron chi connectivity index (χ0n) is 13.4. The molecule has 2 atom stereocenters. The second kappa shape index (κ2) is 6.06. The summed E-state index contributed by atoms with van der Waals surface area (Å²) in [5.74, 6) is 1.45. The third-order valence-corrected chi connectivity index (χ3v) is 4.40. The molecule has 0 radical (unpaired) electrons. The summed E-state index contributed by atoms with van der Waals surface area (Å²) >= 11 is 0. The summed E-state index contributed by atoms with van der Waals surface area (Å²) in [4.78, 5) is 14.1. The Hall–Kier alpha value is -1.55. The second-order valence-electron chi connectivity index (χ2n) is 6.95.